The predicted molar refractivity (Wildman–Crippen MR) is 104 cm³/mol. The van der Waals surface area contributed by atoms with Gasteiger partial charge in [0.05, 0.1) is 0 Å². The van der Waals surface area contributed by atoms with Crippen LogP contribution in [0, 0.1) is 12.8 Å². The summed E-state index contributed by atoms with van der Waals surface area (Å²) in [6.07, 6.45) is 4.43. The quantitative estimate of drug-likeness (QED) is 0.728. The standard InChI is InChI=1S/C22H25N3O2/c1-16-7-10-21(27-16)19-15-20(24-23-19)22(26)25-13-11-18(12-14-25)9-8-17-5-3-2-4-6-17/h2-7,10,15,18H,8-9,11-14H2,1H3,(H,23,24). The van der Waals surface area contributed by atoms with Crippen molar-refractivity contribution < 1.29 is 9.21 Å². The van der Waals surface area contributed by atoms with Crippen molar-refractivity contribution >= 4 is 5.91 Å². The largest absolute Gasteiger partial charge is 0.460 e. The molecule has 0 atom stereocenters. The molecule has 0 spiro atoms. The molecule has 27 heavy (non-hydrogen) atoms. The SMILES string of the molecule is Cc1ccc(-c2cc(C(=O)N3CCC(CCc4ccccc4)CC3)n[nH]2)o1. The van der Waals surface area contributed by atoms with Crippen LogP contribution in [0.4, 0.5) is 0 Å². The molecule has 2 aromatic heterocycles. The number of piperidine rings is 1. The van der Waals surface area contributed by atoms with E-state index in [-0.39, 0.29) is 5.91 Å². The van der Waals surface area contributed by atoms with Crippen LogP contribution in [-0.2, 0) is 6.42 Å². The van der Waals surface area contributed by atoms with Crippen molar-refractivity contribution in [1.82, 2.24) is 15.1 Å². The van der Waals surface area contributed by atoms with Gasteiger partial charge in [0.1, 0.15) is 11.5 Å². The molecule has 1 amide bonds. The number of hydrogen-bond donors (Lipinski definition) is 1. The second-order valence-electron chi connectivity index (χ2n) is 7.34. The van der Waals surface area contributed by atoms with Gasteiger partial charge in [-0.1, -0.05) is 30.3 Å². The van der Waals surface area contributed by atoms with Gasteiger partial charge in [-0.15, -0.1) is 0 Å². The van der Waals surface area contributed by atoms with Gasteiger partial charge in [0.2, 0.25) is 0 Å². The number of rotatable bonds is 5. The maximum atomic E-state index is 12.7. The maximum absolute atomic E-state index is 12.7. The fourth-order valence-corrected chi connectivity index (χ4v) is 3.74. The van der Waals surface area contributed by atoms with Crippen LogP contribution in [0.25, 0.3) is 11.5 Å². The lowest BCUT2D eigenvalue weighted by Crippen LogP contribution is -2.38. The number of H-pyrrole nitrogens is 1. The van der Waals surface area contributed by atoms with E-state index in [0.717, 1.165) is 43.8 Å². The lowest BCUT2D eigenvalue weighted by Gasteiger charge is -2.31. The number of carbonyl (C=O) groups is 1. The average molecular weight is 363 g/mol. The van der Waals surface area contributed by atoms with Crippen LogP contribution in [0.15, 0.2) is 52.9 Å². The molecule has 0 unspecified atom stereocenters. The molecule has 1 saturated heterocycles. The van der Waals surface area contributed by atoms with E-state index in [1.54, 1.807) is 6.07 Å². The monoisotopic (exact) mass is 363 g/mol. The van der Waals surface area contributed by atoms with Gasteiger partial charge >= 0.3 is 0 Å². The number of hydrogen-bond acceptors (Lipinski definition) is 3. The first kappa shape index (κ1) is 17.6. The number of benzene rings is 1. The average Bonchev–Trinajstić information content (AvgIpc) is 3.36. The number of carbonyl (C=O) groups excluding carboxylic acids is 1. The summed E-state index contributed by atoms with van der Waals surface area (Å²) in [5, 5.41) is 7.11. The van der Waals surface area contributed by atoms with Gasteiger partial charge in [-0.3, -0.25) is 9.89 Å². The van der Waals surface area contributed by atoms with Gasteiger partial charge in [-0.2, -0.15) is 5.10 Å². The van der Waals surface area contributed by atoms with Crippen molar-refractivity contribution in [2.75, 3.05) is 13.1 Å². The van der Waals surface area contributed by atoms with E-state index in [1.807, 2.05) is 24.0 Å². The molecule has 0 bridgehead atoms. The Balaban J connectivity index is 1.30. The van der Waals surface area contributed by atoms with E-state index in [9.17, 15) is 4.79 Å². The van der Waals surface area contributed by atoms with Crippen LogP contribution < -0.4 is 0 Å². The van der Waals surface area contributed by atoms with Gasteiger partial charge in [-0.25, -0.2) is 0 Å². The third-order valence-electron chi connectivity index (χ3n) is 5.39. The van der Waals surface area contributed by atoms with Crippen molar-refractivity contribution in [3.63, 3.8) is 0 Å². The summed E-state index contributed by atoms with van der Waals surface area (Å²) in [5.41, 5.74) is 2.60. The van der Waals surface area contributed by atoms with E-state index in [1.165, 1.54) is 12.0 Å². The number of aryl methyl sites for hydroxylation is 2. The Bertz CT molecular complexity index is 889. The normalized spacial score (nSPS) is 15.2. The summed E-state index contributed by atoms with van der Waals surface area (Å²) in [6.45, 7) is 3.51. The molecule has 1 N–H and O–H groups in total. The highest BCUT2D eigenvalue weighted by atomic mass is 16.3. The molecule has 140 valence electrons. The third kappa shape index (κ3) is 4.13. The van der Waals surface area contributed by atoms with Crippen LogP contribution in [0.1, 0.15) is 41.1 Å². The third-order valence-corrected chi connectivity index (χ3v) is 5.39. The molecular formula is C22H25N3O2. The first-order chi connectivity index (χ1) is 13.2. The lowest BCUT2D eigenvalue weighted by atomic mass is 9.90. The van der Waals surface area contributed by atoms with Crippen molar-refractivity contribution in [3.05, 3.63) is 65.5 Å². The van der Waals surface area contributed by atoms with Gasteiger partial charge < -0.3 is 9.32 Å². The lowest BCUT2D eigenvalue weighted by molar-refractivity contribution is 0.0681. The number of nitrogens with zero attached hydrogens (tertiary/aromatic N) is 2. The van der Waals surface area contributed by atoms with E-state index in [4.69, 9.17) is 4.42 Å². The number of likely N-dealkylation sites (tertiary alicyclic amines) is 1. The summed E-state index contributed by atoms with van der Waals surface area (Å²) in [7, 11) is 0. The Morgan fingerprint density at radius 2 is 1.96 bits per heavy atom. The minimum Gasteiger partial charge on any atom is -0.460 e. The van der Waals surface area contributed by atoms with Crippen LogP contribution in [0.2, 0.25) is 0 Å². The summed E-state index contributed by atoms with van der Waals surface area (Å²) >= 11 is 0. The number of aromatic nitrogens is 2. The molecule has 3 heterocycles. The van der Waals surface area contributed by atoms with Crippen molar-refractivity contribution in [2.24, 2.45) is 5.92 Å². The van der Waals surface area contributed by atoms with Gasteiger partial charge in [-0.05, 0) is 56.2 Å². The van der Waals surface area contributed by atoms with Crippen molar-refractivity contribution in [1.29, 1.82) is 0 Å². The van der Waals surface area contributed by atoms with E-state index >= 15 is 0 Å². The fraction of sp³-hybridized carbons (Fsp3) is 0.364. The van der Waals surface area contributed by atoms with Gasteiger partial charge in [0, 0.05) is 19.2 Å². The highest BCUT2D eigenvalue weighted by Crippen LogP contribution is 2.25. The zero-order chi connectivity index (χ0) is 18.6. The first-order valence-corrected chi connectivity index (χ1v) is 9.64. The summed E-state index contributed by atoms with van der Waals surface area (Å²) in [4.78, 5) is 14.7. The van der Waals surface area contributed by atoms with Crippen LogP contribution in [-0.4, -0.2) is 34.1 Å². The molecule has 0 aliphatic carbocycles. The molecule has 5 heteroatoms. The second-order valence-corrected chi connectivity index (χ2v) is 7.34. The van der Waals surface area contributed by atoms with Gasteiger partial charge in [0.15, 0.2) is 11.5 Å². The topological polar surface area (TPSA) is 62.1 Å². The van der Waals surface area contributed by atoms with Crippen molar-refractivity contribution in [3.8, 4) is 11.5 Å². The van der Waals surface area contributed by atoms with Crippen LogP contribution in [0.3, 0.4) is 0 Å². The van der Waals surface area contributed by atoms with Crippen LogP contribution >= 0.6 is 0 Å². The highest BCUT2D eigenvalue weighted by Gasteiger charge is 2.25. The molecule has 1 fully saturated rings. The Morgan fingerprint density at radius 3 is 2.67 bits per heavy atom. The molecule has 0 saturated carbocycles. The fourth-order valence-electron chi connectivity index (χ4n) is 3.74. The molecule has 0 radical (unpaired) electrons. The summed E-state index contributed by atoms with van der Waals surface area (Å²) < 4.78 is 5.59. The van der Waals surface area contributed by atoms with Gasteiger partial charge in [0.25, 0.3) is 5.91 Å². The molecule has 3 aromatic rings. The Labute approximate surface area is 159 Å². The van der Waals surface area contributed by atoms with E-state index in [0.29, 0.717) is 17.4 Å². The highest BCUT2D eigenvalue weighted by molar-refractivity contribution is 5.93. The Kier molecular flexibility index (Phi) is 5.10. The molecule has 4 rings (SSSR count). The number of aromatic amines is 1. The number of furan rings is 1. The summed E-state index contributed by atoms with van der Waals surface area (Å²) in [6, 6.07) is 16.2. The van der Waals surface area contributed by atoms with Crippen molar-refractivity contribution in [2.45, 2.75) is 32.6 Å². The zero-order valence-corrected chi connectivity index (χ0v) is 15.6. The van der Waals surface area contributed by atoms with Crippen LogP contribution in [0.5, 0.6) is 0 Å². The maximum Gasteiger partial charge on any atom is 0.274 e. The zero-order valence-electron chi connectivity index (χ0n) is 15.6. The Morgan fingerprint density at radius 1 is 1.19 bits per heavy atom. The van der Waals surface area contributed by atoms with E-state index in [2.05, 4.69) is 40.5 Å². The Hall–Kier alpha value is -2.82. The molecular weight excluding hydrogens is 338 g/mol. The first-order valence-electron chi connectivity index (χ1n) is 9.64. The minimum atomic E-state index is 0.00212. The second kappa shape index (κ2) is 7.82. The molecule has 1 aliphatic rings. The molecule has 1 aromatic carbocycles. The number of amides is 1. The molecule has 5 nitrogen and oxygen atoms in total. The van der Waals surface area contributed by atoms with E-state index < -0.39 is 0 Å². The predicted octanol–water partition coefficient (Wildman–Crippen LogP) is 4.46. The minimum absolute atomic E-state index is 0.00212. The number of nitrogens with one attached hydrogen (secondary N) is 1. The smallest absolute Gasteiger partial charge is 0.274 e. The summed E-state index contributed by atoms with van der Waals surface area (Å²) in [5.74, 6) is 2.24. The molecule has 1 aliphatic heterocycles.